The second-order valence-electron chi connectivity index (χ2n) is 3.99. The topological polar surface area (TPSA) is 29.5 Å². The molecule has 0 heterocycles. The van der Waals surface area contributed by atoms with Crippen molar-refractivity contribution in [1.29, 1.82) is 0 Å². The molecule has 0 aliphatic carbocycles. The van der Waals surface area contributed by atoms with Crippen molar-refractivity contribution in [2.45, 2.75) is 19.9 Å². The van der Waals surface area contributed by atoms with E-state index in [9.17, 15) is 9.18 Å². The first-order chi connectivity index (χ1) is 7.90. The minimum Gasteiger partial charge on any atom is -0.484 e. The quantitative estimate of drug-likeness (QED) is 0.856. The van der Waals surface area contributed by atoms with Crippen LogP contribution in [-0.2, 0) is 4.79 Å². The normalized spacial score (nSPS) is 10.5. The van der Waals surface area contributed by atoms with Gasteiger partial charge in [-0.25, -0.2) is 4.39 Å². The van der Waals surface area contributed by atoms with E-state index in [1.165, 1.54) is 12.1 Å². The van der Waals surface area contributed by atoms with Gasteiger partial charge in [-0.05, 0) is 26.0 Å². The van der Waals surface area contributed by atoms with Gasteiger partial charge in [0.2, 0.25) is 0 Å². The zero-order valence-electron chi connectivity index (χ0n) is 10.0. The fourth-order valence-corrected chi connectivity index (χ4v) is 1.59. The third-order valence-corrected chi connectivity index (χ3v) is 2.82. The van der Waals surface area contributed by atoms with Crippen molar-refractivity contribution in [3.05, 3.63) is 28.5 Å². The van der Waals surface area contributed by atoms with E-state index in [0.717, 1.165) is 0 Å². The van der Waals surface area contributed by atoms with Gasteiger partial charge in [-0.1, -0.05) is 15.9 Å². The molecular formula is C12H15BrFNO2. The summed E-state index contributed by atoms with van der Waals surface area (Å²) < 4.78 is 18.9. The van der Waals surface area contributed by atoms with Crippen molar-refractivity contribution in [2.24, 2.45) is 0 Å². The molecule has 5 heteroatoms. The highest BCUT2D eigenvalue weighted by molar-refractivity contribution is 9.10. The summed E-state index contributed by atoms with van der Waals surface area (Å²) >= 11 is 3.16. The number of ether oxygens (including phenoxy) is 1. The van der Waals surface area contributed by atoms with Gasteiger partial charge in [0.05, 0.1) is 0 Å². The predicted molar refractivity (Wildman–Crippen MR) is 67.5 cm³/mol. The first kappa shape index (κ1) is 14.0. The Kier molecular flexibility index (Phi) is 4.93. The largest absolute Gasteiger partial charge is 0.484 e. The standard InChI is InChI=1S/C12H15BrFNO2/c1-8(2)15(3)12(16)7-17-11-5-9(13)4-10(14)6-11/h4-6,8H,7H2,1-3H3. The number of nitrogens with zero attached hydrogens (tertiary/aromatic N) is 1. The molecule has 0 fully saturated rings. The van der Waals surface area contributed by atoms with Gasteiger partial charge >= 0.3 is 0 Å². The molecule has 0 N–H and O–H groups in total. The molecule has 0 spiro atoms. The zero-order valence-corrected chi connectivity index (χ0v) is 11.6. The van der Waals surface area contributed by atoms with E-state index in [1.54, 1.807) is 18.0 Å². The van der Waals surface area contributed by atoms with Crippen molar-refractivity contribution in [3.8, 4) is 5.75 Å². The molecule has 0 unspecified atom stereocenters. The maximum atomic E-state index is 13.0. The molecule has 1 amide bonds. The molecule has 0 atom stereocenters. The fraction of sp³-hybridized carbons (Fsp3) is 0.417. The SMILES string of the molecule is CC(C)N(C)C(=O)COc1cc(F)cc(Br)c1. The Morgan fingerprint density at radius 3 is 2.65 bits per heavy atom. The number of carbonyl (C=O) groups is 1. The summed E-state index contributed by atoms with van der Waals surface area (Å²) in [7, 11) is 1.71. The van der Waals surface area contributed by atoms with E-state index in [1.807, 2.05) is 13.8 Å². The Labute approximate surface area is 109 Å². The van der Waals surface area contributed by atoms with Crippen LogP contribution < -0.4 is 4.74 Å². The second-order valence-corrected chi connectivity index (χ2v) is 4.91. The minimum atomic E-state index is -0.404. The van der Waals surface area contributed by atoms with E-state index >= 15 is 0 Å². The Hall–Kier alpha value is -1.10. The molecule has 17 heavy (non-hydrogen) atoms. The van der Waals surface area contributed by atoms with Gasteiger partial charge in [0.1, 0.15) is 11.6 Å². The van der Waals surface area contributed by atoms with Crippen LogP contribution in [0.5, 0.6) is 5.75 Å². The van der Waals surface area contributed by atoms with Crippen molar-refractivity contribution in [3.63, 3.8) is 0 Å². The van der Waals surface area contributed by atoms with E-state index in [4.69, 9.17) is 4.74 Å². The molecular weight excluding hydrogens is 289 g/mol. The van der Waals surface area contributed by atoms with E-state index in [-0.39, 0.29) is 18.6 Å². The number of rotatable bonds is 4. The fourth-order valence-electron chi connectivity index (χ4n) is 1.15. The van der Waals surface area contributed by atoms with E-state index in [2.05, 4.69) is 15.9 Å². The van der Waals surface area contributed by atoms with Crippen LogP contribution in [-0.4, -0.2) is 30.5 Å². The lowest BCUT2D eigenvalue weighted by atomic mass is 10.3. The van der Waals surface area contributed by atoms with E-state index in [0.29, 0.717) is 10.2 Å². The van der Waals surface area contributed by atoms with Gasteiger partial charge in [0.25, 0.3) is 5.91 Å². The minimum absolute atomic E-state index is 0.0927. The smallest absolute Gasteiger partial charge is 0.260 e. The van der Waals surface area contributed by atoms with Gasteiger partial charge in [-0.3, -0.25) is 4.79 Å². The Morgan fingerprint density at radius 1 is 1.47 bits per heavy atom. The molecule has 94 valence electrons. The zero-order chi connectivity index (χ0) is 13.0. The summed E-state index contributed by atoms with van der Waals surface area (Å²) in [5, 5.41) is 0. The van der Waals surface area contributed by atoms with Crippen LogP contribution in [0.2, 0.25) is 0 Å². The second kappa shape index (κ2) is 6.00. The first-order valence-corrected chi connectivity index (χ1v) is 6.04. The number of halogens is 2. The molecule has 0 aliphatic heterocycles. The summed E-state index contributed by atoms with van der Waals surface area (Å²) in [6, 6.07) is 4.30. The molecule has 0 radical (unpaired) electrons. The lowest BCUT2D eigenvalue weighted by molar-refractivity contribution is -0.133. The number of amides is 1. The highest BCUT2D eigenvalue weighted by atomic mass is 79.9. The molecule has 0 bridgehead atoms. The average Bonchev–Trinajstić information content (AvgIpc) is 2.23. The van der Waals surface area contributed by atoms with Gasteiger partial charge in [0, 0.05) is 23.6 Å². The van der Waals surface area contributed by atoms with E-state index < -0.39 is 5.82 Å². The summed E-state index contributed by atoms with van der Waals surface area (Å²) in [4.78, 5) is 13.2. The molecule has 1 rings (SSSR count). The Morgan fingerprint density at radius 2 is 2.12 bits per heavy atom. The maximum absolute atomic E-state index is 13.0. The summed E-state index contributed by atoms with van der Waals surface area (Å²) in [6.45, 7) is 3.73. The average molecular weight is 304 g/mol. The maximum Gasteiger partial charge on any atom is 0.260 e. The van der Waals surface area contributed by atoms with Crippen LogP contribution in [0.25, 0.3) is 0 Å². The van der Waals surface area contributed by atoms with Crippen LogP contribution in [0.3, 0.4) is 0 Å². The lowest BCUT2D eigenvalue weighted by Gasteiger charge is -2.21. The number of hydrogen-bond acceptors (Lipinski definition) is 2. The molecule has 0 saturated carbocycles. The van der Waals surface area contributed by atoms with Gasteiger partial charge < -0.3 is 9.64 Å². The summed E-state index contributed by atoms with van der Waals surface area (Å²) in [5.41, 5.74) is 0. The molecule has 0 aliphatic rings. The van der Waals surface area contributed by atoms with Crippen molar-refractivity contribution >= 4 is 21.8 Å². The number of carbonyl (C=O) groups excluding carboxylic acids is 1. The van der Waals surface area contributed by atoms with Crippen molar-refractivity contribution in [2.75, 3.05) is 13.7 Å². The van der Waals surface area contributed by atoms with Crippen LogP contribution in [0, 0.1) is 5.82 Å². The Bertz CT molecular complexity index is 389. The lowest BCUT2D eigenvalue weighted by Crippen LogP contribution is -2.36. The predicted octanol–water partition coefficient (Wildman–Crippen LogP) is 2.83. The molecule has 0 aromatic heterocycles. The van der Waals surface area contributed by atoms with Crippen LogP contribution in [0.15, 0.2) is 22.7 Å². The summed E-state index contributed by atoms with van der Waals surface area (Å²) in [6.07, 6.45) is 0. The molecule has 3 nitrogen and oxygen atoms in total. The summed E-state index contributed by atoms with van der Waals surface area (Å²) in [5.74, 6) is -0.207. The van der Waals surface area contributed by atoms with Gasteiger partial charge in [0.15, 0.2) is 6.61 Å². The monoisotopic (exact) mass is 303 g/mol. The van der Waals surface area contributed by atoms with Crippen molar-refractivity contribution in [1.82, 2.24) is 4.90 Å². The molecule has 0 saturated heterocycles. The van der Waals surface area contributed by atoms with Crippen LogP contribution in [0.4, 0.5) is 4.39 Å². The highest BCUT2D eigenvalue weighted by Gasteiger charge is 2.12. The van der Waals surface area contributed by atoms with Gasteiger partial charge in [-0.2, -0.15) is 0 Å². The molecule has 1 aromatic carbocycles. The Balaban J connectivity index is 2.58. The van der Waals surface area contributed by atoms with Crippen LogP contribution >= 0.6 is 15.9 Å². The number of benzene rings is 1. The highest BCUT2D eigenvalue weighted by Crippen LogP contribution is 2.20. The third kappa shape index (κ3) is 4.34. The van der Waals surface area contributed by atoms with Gasteiger partial charge in [-0.15, -0.1) is 0 Å². The molecule has 1 aromatic rings. The third-order valence-electron chi connectivity index (χ3n) is 2.37. The number of hydrogen-bond donors (Lipinski definition) is 0. The van der Waals surface area contributed by atoms with Crippen LogP contribution in [0.1, 0.15) is 13.8 Å². The van der Waals surface area contributed by atoms with Crippen molar-refractivity contribution < 1.29 is 13.9 Å². The number of likely N-dealkylation sites (N-methyl/N-ethyl adjacent to an activating group) is 1. The first-order valence-electron chi connectivity index (χ1n) is 5.24.